The highest BCUT2D eigenvalue weighted by molar-refractivity contribution is 5.81. The van der Waals surface area contributed by atoms with Crippen molar-refractivity contribution in [3.8, 4) is 22.5 Å². The third kappa shape index (κ3) is 5.52. The lowest BCUT2D eigenvalue weighted by Crippen LogP contribution is -2.31. The van der Waals surface area contributed by atoms with Crippen molar-refractivity contribution in [2.45, 2.75) is 58.5 Å². The highest BCUT2D eigenvalue weighted by Crippen LogP contribution is 2.37. The van der Waals surface area contributed by atoms with E-state index in [4.69, 9.17) is 4.52 Å². The predicted molar refractivity (Wildman–Crippen MR) is 146 cm³/mol. The quantitative estimate of drug-likeness (QED) is 0.239. The van der Waals surface area contributed by atoms with E-state index in [1.54, 1.807) is 6.92 Å². The van der Waals surface area contributed by atoms with Gasteiger partial charge in [-0.05, 0) is 61.3 Å². The van der Waals surface area contributed by atoms with Crippen LogP contribution in [0, 0.1) is 12.8 Å². The second-order valence-corrected chi connectivity index (χ2v) is 10.1. The van der Waals surface area contributed by atoms with Gasteiger partial charge in [-0.15, -0.1) is 0 Å². The van der Waals surface area contributed by atoms with Crippen LogP contribution in [0.2, 0.25) is 0 Å². The van der Waals surface area contributed by atoms with Crippen LogP contribution in [-0.4, -0.2) is 21.3 Å². The summed E-state index contributed by atoms with van der Waals surface area (Å²) in [7, 11) is 0. The molecule has 4 rings (SSSR count). The molecule has 5 heteroatoms. The molecule has 0 radical (unpaired) electrons. The van der Waals surface area contributed by atoms with Crippen molar-refractivity contribution >= 4 is 5.97 Å². The number of carbonyl (C=O) groups is 1. The van der Waals surface area contributed by atoms with Gasteiger partial charge in [0.2, 0.25) is 0 Å². The average molecular weight is 498 g/mol. The van der Waals surface area contributed by atoms with E-state index in [1.165, 1.54) is 5.56 Å². The number of hydrogen-bond donors (Lipinski definition) is 2. The summed E-state index contributed by atoms with van der Waals surface area (Å²) in [6.45, 7) is 7.57. The van der Waals surface area contributed by atoms with Crippen molar-refractivity contribution < 1.29 is 19.5 Å². The van der Waals surface area contributed by atoms with Crippen molar-refractivity contribution in [3.63, 3.8) is 0 Å². The largest absolute Gasteiger partial charge is 0.481 e. The summed E-state index contributed by atoms with van der Waals surface area (Å²) < 4.78 is 5.68. The van der Waals surface area contributed by atoms with E-state index in [-0.39, 0.29) is 5.92 Å². The molecule has 1 heterocycles. The van der Waals surface area contributed by atoms with Crippen molar-refractivity contribution in [2.24, 2.45) is 5.92 Å². The molecule has 3 unspecified atom stereocenters. The van der Waals surface area contributed by atoms with Crippen molar-refractivity contribution in [1.29, 1.82) is 0 Å². The van der Waals surface area contributed by atoms with Crippen LogP contribution in [0.15, 0.2) is 83.4 Å². The van der Waals surface area contributed by atoms with Gasteiger partial charge in [0.25, 0.3) is 0 Å². The smallest absolute Gasteiger partial charge is 0.313 e. The van der Waals surface area contributed by atoms with Gasteiger partial charge in [-0.25, -0.2) is 0 Å². The molecule has 0 amide bonds. The fraction of sp³-hybridized carbons (Fsp3) is 0.312. The van der Waals surface area contributed by atoms with Crippen LogP contribution in [-0.2, 0) is 16.6 Å². The highest BCUT2D eigenvalue weighted by Gasteiger charge is 2.33. The standard InChI is InChI=1S/C32H35NO4/c1-5-32(4,31(35)36)27-19-17-25(18-20-27)24-13-15-26(16-14-24)30-28(22(3)33-37-30)29(34)21(2)11-12-23-9-7-6-8-10-23/h6-10,13-21,29,34H,5,11-12H2,1-4H3,(H,35,36). The highest BCUT2D eigenvalue weighted by atomic mass is 16.5. The number of carboxylic acids is 1. The maximum Gasteiger partial charge on any atom is 0.313 e. The van der Waals surface area contributed by atoms with Crippen LogP contribution in [0.4, 0.5) is 0 Å². The molecule has 192 valence electrons. The second kappa shape index (κ2) is 11.1. The van der Waals surface area contributed by atoms with Gasteiger partial charge in [0.15, 0.2) is 5.76 Å². The van der Waals surface area contributed by atoms with Gasteiger partial charge in [0.1, 0.15) is 0 Å². The molecule has 1 aromatic heterocycles. The van der Waals surface area contributed by atoms with E-state index in [1.807, 2.05) is 80.6 Å². The molecule has 0 saturated carbocycles. The Balaban J connectivity index is 1.52. The molecule has 0 saturated heterocycles. The number of carboxylic acid groups (broad SMARTS) is 1. The third-order valence-electron chi connectivity index (χ3n) is 7.66. The molecule has 0 bridgehead atoms. The summed E-state index contributed by atoms with van der Waals surface area (Å²) in [6.07, 6.45) is 1.59. The van der Waals surface area contributed by atoms with Crippen LogP contribution in [0.1, 0.15) is 62.1 Å². The van der Waals surface area contributed by atoms with E-state index >= 15 is 0 Å². The van der Waals surface area contributed by atoms with Gasteiger partial charge in [-0.3, -0.25) is 4.79 Å². The summed E-state index contributed by atoms with van der Waals surface area (Å²) in [6, 6.07) is 26.0. The number of benzene rings is 3. The predicted octanol–water partition coefficient (Wildman–Crippen LogP) is 7.37. The number of aliphatic hydroxyl groups is 1. The molecule has 0 aliphatic carbocycles. The second-order valence-electron chi connectivity index (χ2n) is 10.1. The van der Waals surface area contributed by atoms with Crippen molar-refractivity contribution in [2.75, 3.05) is 0 Å². The Kier molecular flexibility index (Phi) is 7.94. The summed E-state index contributed by atoms with van der Waals surface area (Å²) >= 11 is 0. The Labute approximate surface area is 218 Å². The lowest BCUT2D eigenvalue weighted by atomic mass is 9.80. The Hall–Kier alpha value is -3.70. The minimum atomic E-state index is -0.901. The zero-order valence-corrected chi connectivity index (χ0v) is 21.9. The zero-order valence-electron chi connectivity index (χ0n) is 21.9. The van der Waals surface area contributed by atoms with Crippen LogP contribution < -0.4 is 0 Å². The Morgan fingerprint density at radius 1 is 0.946 bits per heavy atom. The number of aliphatic carboxylic acids is 1. The van der Waals surface area contributed by atoms with E-state index in [9.17, 15) is 15.0 Å². The summed E-state index contributed by atoms with van der Waals surface area (Å²) in [5.74, 6) is -0.185. The lowest BCUT2D eigenvalue weighted by Gasteiger charge is -2.23. The molecule has 0 spiro atoms. The van der Waals surface area contributed by atoms with Crippen LogP contribution in [0.25, 0.3) is 22.5 Å². The fourth-order valence-corrected chi connectivity index (χ4v) is 4.74. The normalized spacial score (nSPS) is 14.6. The third-order valence-corrected chi connectivity index (χ3v) is 7.66. The molecular formula is C32H35NO4. The molecule has 2 N–H and O–H groups in total. The number of aliphatic hydroxyl groups excluding tert-OH is 1. The first-order valence-electron chi connectivity index (χ1n) is 12.9. The van der Waals surface area contributed by atoms with Gasteiger partial charge in [-0.1, -0.05) is 97.9 Å². The van der Waals surface area contributed by atoms with Gasteiger partial charge >= 0.3 is 5.97 Å². The maximum absolute atomic E-state index is 11.8. The monoisotopic (exact) mass is 497 g/mol. The Morgan fingerprint density at radius 2 is 1.51 bits per heavy atom. The van der Waals surface area contributed by atoms with E-state index < -0.39 is 17.5 Å². The molecule has 3 atom stereocenters. The number of rotatable bonds is 10. The number of hydrogen-bond acceptors (Lipinski definition) is 4. The molecule has 0 aliphatic heterocycles. The van der Waals surface area contributed by atoms with Gasteiger partial charge in [-0.2, -0.15) is 0 Å². The maximum atomic E-state index is 11.8. The molecule has 37 heavy (non-hydrogen) atoms. The SMILES string of the molecule is CCC(C)(C(=O)O)c1ccc(-c2ccc(-c3onc(C)c3C(O)C(C)CCc3ccccc3)cc2)cc1. The van der Waals surface area contributed by atoms with Crippen LogP contribution >= 0.6 is 0 Å². The average Bonchev–Trinajstić information content (AvgIpc) is 3.32. The number of nitrogens with zero attached hydrogens (tertiary/aromatic N) is 1. The van der Waals surface area contributed by atoms with E-state index in [2.05, 4.69) is 24.2 Å². The fourth-order valence-electron chi connectivity index (χ4n) is 4.74. The molecule has 0 fully saturated rings. The molecule has 3 aromatic carbocycles. The molecular weight excluding hydrogens is 462 g/mol. The van der Waals surface area contributed by atoms with Gasteiger partial charge < -0.3 is 14.7 Å². The summed E-state index contributed by atoms with van der Waals surface area (Å²) in [5.41, 5.74) is 5.46. The number of aromatic nitrogens is 1. The zero-order chi connectivity index (χ0) is 26.6. The first-order chi connectivity index (χ1) is 17.7. The molecule has 5 nitrogen and oxygen atoms in total. The summed E-state index contributed by atoms with van der Waals surface area (Å²) in [4.78, 5) is 11.8. The van der Waals surface area contributed by atoms with Crippen LogP contribution in [0.3, 0.4) is 0 Å². The first-order valence-corrected chi connectivity index (χ1v) is 12.9. The topological polar surface area (TPSA) is 83.6 Å². The van der Waals surface area contributed by atoms with Gasteiger partial charge in [0.05, 0.1) is 22.8 Å². The van der Waals surface area contributed by atoms with Crippen molar-refractivity contribution in [3.05, 3.63) is 101 Å². The Bertz CT molecular complexity index is 1330. The van der Waals surface area contributed by atoms with Gasteiger partial charge in [0, 0.05) is 5.56 Å². The Morgan fingerprint density at radius 3 is 2.08 bits per heavy atom. The molecule has 4 aromatic rings. The first kappa shape index (κ1) is 26.4. The molecule has 0 aliphatic rings. The van der Waals surface area contributed by atoms with Crippen molar-refractivity contribution in [1.82, 2.24) is 5.16 Å². The van der Waals surface area contributed by atoms with E-state index in [0.29, 0.717) is 17.9 Å². The number of aryl methyl sites for hydroxylation is 2. The minimum Gasteiger partial charge on any atom is -0.481 e. The van der Waals surface area contributed by atoms with Crippen LogP contribution in [0.5, 0.6) is 0 Å². The minimum absolute atomic E-state index is 0.0365. The lowest BCUT2D eigenvalue weighted by molar-refractivity contribution is -0.143. The summed E-state index contributed by atoms with van der Waals surface area (Å²) in [5, 5.41) is 25.0. The van der Waals surface area contributed by atoms with E-state index in [0.717, 1.165) is 40.7 Å².